The summed E-state index contributed by atoms with van der Waals surface area (Å²) in [6, 6.07) is 0. The maximum Gasteiger partial charge on any atom is 0.0847 e. The van der Waals surface area contributed by atoms with E-state index < -0.39 is 0 Å². The fraction of sp³-hybridized carbons (Fsp3) is 1.00. The lowest BCUT2D eigenvalue weighted by Crippen LogP contribution is -2.10. The van der Waals surface area contributed by atoms with Gasteiger partial charge in [-0.05, 0) is 11.8 Å². The Morgan fingerprint density at radius 2 is 1.88 bits per heavy atom. The average Bonchev–Trinajstić information content (AvgIpc) is 1.67. The molecule has 0 aromatic rings. The molecule has 0 aliphatic carbocycles. The van der Waals surface area contributed by atoms with E-state index in [0.717, 1.165) is 0 Å². The van der Waals surface area contributed by atoms with Gasteiger partial charge in [-0.3, -0.25) is 5.26 Å². The molecule has 0 fully saturated rings. The minimum Gasteiger partial charge on any atom is -0.252 e. The maximum atomic E-state index is 7.99. The van der Waals surface area contributed by atoms with Crippen molar-refractivity contribution in [3.05, 3.63) is 0 Å². The van der Waals surface area contributed by atoms with Gasteiger partial charge in [-0.1, -0.05) is 20.8 Å². The largest absolute Gasteiger partial charge is 0.252 e. The molecular weight excluding hydrogens is 104 g/mol. The summed E-state index contributed by atoms with van der Waals surface area (Å²) in [6.07, 6.45) is 0. The highest BCUT2D eigenvalue weighted by Gasteiger charge is 2.05. The smallest absolute Gasteiger partial charge is 0.0847 e. The van der Waals surface area contributed by atoms with Gasteiger partial charge in [0.2, 0.25) is 0 Å². The molecule has 0 aliphatic heterocycles. The maximum absolute atomic E-state index is 7.99. The third kappa shape index (κ3) is 2.99. The summed E-state index contributed by atoms with van der Waals surface area (Å²) in [5.74, 6) is 1.03. The SMILES string of the molecule is CC(C)C(C)COO. The van der Waals surface area contributed by atoms with E-state index in [1.165, 1.54) is 0 Å². The first kappa shape index (κ1) is 7.92. The first-order valence-corrected chi connectivity index (χ1v) is 2.94. The first-order valence-electron chi connectivity index (χ1n) is 2.94. The zero-order valence-corrected chi connectivity index (χ0v) is 5.72. The summed E-state index contributed by atoms with van der Waals surface area (Å²) in [4.78, 5) is 3.96. The molecule has 1 N–H and O–H groups in total. The molecule has 0 rings (SSSR count). The van der Waals surface area contributed by atoms with Crippen LogP contribution >= 0.6 is 0 Å². The predicted molar refractivity (Wildman–Crippen MR) is 32.6 cm³/mol. The van der Waals surface area contributed by atoms with Crippen molar-refractivity contribution >= 4 is 0 Å². The Bertz CT molecular complexity index is 52.5. The van der Waals surface area contributed by atoms with Gasteiger partial charge in [0.05, 0.1) is 6.61 Å². The summed E-state index contributed by atoms with van der Waals surface area (Å²) in [5.41, 5.74) is 0. The normalized spacial score (nSPS) is 14.6. The van der Waals surface area contributed by atoms with Crippen LogP contribution in [0.25, 0.3) is 0 Å². The van der Waals surface area contributed by atoms with E-state index >= 15 is 0 Å². The van der Waals surface area contributed by atoms with Crippen LogP contribution in [-0.4, -0.2) is 11.9 Å². The molecule has 0 bridgehead atoms. The van der Waals surface area contributed by atoms with Crippen molar-refractivity contribution in [2.45, 2.75) is 20.8 Å². The monoisotopic (exact) mass is 118 g/mol. The zero-order valence-electron chi connectivity index (χ0n) is 5.72. The average molecular weight is 118 g/mol. The second-order valence-electron chi connectivity index (χ2n) is 2.52. The molecule has 50 valence electrons. The van der Waals surface area contributed by atoms with Gasteiger partial charge < -0.3 is 0 Å². The van der Waals surface area contributed by atoms with E-state index in [4.69, 9.17) is 5.26 Å². The highest BCUT2D eigenvalue weighted by molar-refractivity contribution is 4.53. The van der Waals surface area contributed by atoms with Gasteiger partial charge in [0.15, 0.2) is 0 Å². The van der Waals surface area contributed by atoms with Gasteiger partial charge >= 0.3 is 0 Å². The van der Waals surface area contributed by atoms with Crippen molar-refractivity contribution in [3.63, 3.8) is 0 Å². The summed E-state index contributed by atoms with van der Waals surface area (Å²) >= 11 is 0. The quantitative estimate of drug-likeness (QED) is 0.452. The van der Waals surface area contributed by atoms with Crippen molar-refractivity contribution in [2.75, 3.05) is 6.61 Å². The summed E-state index contributed by atoms with van der Waals surface area (Å²) in [7, 11) is 0. The van der Waals surface area contributed by atoms with E-state index in [1.54, 1.807) is 0 Å². The predicted octanol–water partition coefficient (Wildman–Crippen LogP) is 1.77. The number of rotatable bonds is 3. The standard InChI is InChI=1S/C6H14O2/c1-5(2)6(3)4-8-7/h5-7H,4H2,1-3H3. The molecule has 2 heteroatoms. The minimum atomic E-state index is 0.442. The molecule has 0 aromatic heterocycles. The van der Waals surface area contributed by atoms with Crippen LogP contribution in [0.4, 0.5) is 0 Å². The molecule has 0 amide bonds. The Balaban J connectivity index is 3.17. The fourth-order valence-electron chi connectivity index (χ4n) is 0.310. The van der Waals surface area contributed by atoms with Crippen molar-refractivity contribution < 1.29 is 10.1 Å². The highest BCUT2D eigenvalue weighted by Crippen LogP contribution is 2.08. The Kier molecular flexibility index (Phi) is 3.83. The molecule has 8 heavy (non-hydrogen) atoms. The Morgan fingerprint density at radius 3 is 2.00 bits per heavy atom. The van der Waals surface area contributed by atoms with E-state index in [9.17, 15) is 0 Å². The lowest BCUT2D eigenvalue weighted by atomic mass is 10.00. The van der Waals surface area contributed by atoms with Crippen molar-refractivity contribution in [1.82, 2.24) is 0 Å². The number of hydrogen-bond acceptors (Lipinski definition) is 2. The minimum absolute atomic E-state index is 0.442. The second-order valence-corrected chi connectivity index (χ2v) is 2.52. The first-order chi connectivity index (χ1) is 3.68. The van der Waals surface area contributed by atoms with Gasteiger partial charge in [0, 0.05) is 0 Å². The molecule has 2 nitrogen and oxygen atoms in total. The molecule has 0 spiro atoms. The summed E-state index contributed by atoms with van der Waals surface area (Å²) in [5, 5.41) is 7.99. The zero-order chi connectivity index (χ0) is 6.57. The van der Waals surface area contributed by atoms with Crippen molar-refractivity contribution in [1.29, 1.82) is 0 Å². The van der Waals surface area contributed by atoms with Crippen molar-refractivity contribution in [2.24, 2.45) is 11.8 Å². The fourth-order valence-corrected chi connectivity index (χ4v) is 0.310. The third-order valence-electron chi connectivity index (χ3n) is 1.48. The second kappa shape index (κ2) is 3.87. The molecule has 0 saturated carbocycles. The van der Waals surface area contributed by atoms with Gasteiger partial charge in [0.1, 0.15) is 0 Å². The lowest BCUT2D eigenvalue weighted by molar-refractivity contribution is -0.252. The molecule has 0 radical (unpaired) electrons. The van der Waals surface area contributed by atoms with Crippen molar-refractivity contribution in [3.8, 4) is 0 Å². The van der Waals surface area contributed by atoms with Crippen LogP contribution in [0.5, 0.6) is 0 Å². The highest BCUT2D eigenvalue weighted by atomic mass is 17.1. The lowest BCUT2D eigenvalue weighted by Gasteiger charge is -2.11. The Morgan fingerprint density at radius 1 is 1.38 bits per heavy atom. The van der Waals surface area contributed by atoms with E-state index in [-0.39, 0.29) is 0 Å². The third-order valence-corrected chi connectivity index (χ3v) is 1.48. The molecule has 0 aromatic carbocycles. The summed E-state index contributed by atoms with van der Waals surface area (Å²) < 4.78 is 0. The van der Waals surface area contributed by atoms with Crippen LogP contribution in [-0.2, 0) is 4.89 Å². The van der Waals surface area contributed by atoms with Crippen LogP contribution in [0.1, 0.15) is 20.8 Å². The molecular formula is C6H14O2. The Hall–Kier alpha value is -0.0800. The van der Waals surface area contributed by atoms with Crippen LogP contribution in [0.2, 0.25) is 0 Å². The van der Waals surface area contributed by atoms with Crippen LogP contribution in [0, 0.1) is 11.8 Å². The molecule has 1 atom stereocenters. The van der Waals surface area contributed by atoms with Gasteiger partial charge in [-0.2, -0.15) is 0 Å². The molecule has 0 saturated heterocycles. The summed E-state index contributed by atoms with van der Waals surface area (Å²) in [6.45, 7) is 6.69. The van der Waals surface area contributed by atoms with Crippen LogP contribution < -0.4 is 0 Å². The molecule has 1 unspecified atom stereocenters. The van der Waals surface area contributed by atoms with E-state index in [2.05, 4.69) is 18.7 Å². The van der Waals surface area contributed by atoms with Crippen LogP contribution in [0.15, 0.2) is 0 Å². The molecule has 0 aliphatic rings. The van der Waals surface area contributed by atoms with Crippen LogP contribution in [0.3, 0.4) is 0 Å². The number of hydrogen-bond donors (Lipinski definition) is 1. The van der Waals surface area contributed by atoms with E-state index in [0.29, 0.717) is 18.4 Å². The topological polar surface area (TPSA) is 29.5 Å². The van der Waals surface area contributed by atoms with Gasteiger partial charge in [0.25, 0.3) is 0 Å². The van der Waals surface area contributed by atoms with E-state index in [1.807, 2.05) is 6.92 Å². The van der Waals surface area contributed by atoms with Gasteiger partial charge in [-0.25, -0.2) is 4.89 Å². The van der Waals surface area contributed by atoms with Gasteiger partial charge in [-0.15, -0.1) is 0 Å². The Labute approximate surface area is 50.4 Å². The molecule has 0 heterocycles.